The molecule has 0 spiro atoms. The van der Waals surface area contributed by atoms with Crippen molar-refractivity contribution < 1.29 is 14.0 Å². The zero-order valence-corrected chi connectivity index (χ0v) is 28.9. The highest BCUT2D eigenvalue weighted by molar-refractivity contribution is 6.36. The largest absolute Gasteiger partial charge is 0.356 e. The maximum Gasteiger partial charge on any atom is 0.254 e. The van der Waals surface area contributed by atoms with E-state index in [2.05, 4.69) is 42.5 Å². The van der Waals surface area contributed by atoms with E-state index in [1.165, 1.54) is 6.07 Å². The molecule has 2 aromatic carbocycles. The van der Waals surface area contributed by atoms with Crippen LogP contribution in [0.4, 0.5) is 10.2 Å². The minimum absolute atomic E-state index is 0.0163. The molecule has 2 aliphatic heterocycles. The van der Waals surface area contributed by atoms with Crippen LogP contribution in [0.2, 0.25) is 5.02 Å². The number of nitrogens with zero attached hydrogens (tertiary/aromatic N) is 5. The van der Waals surface area contributed by atoms with Gasteiger partial charge in [0.15, 0.2) is 0 Å². The van der Waals surface area contributed by atoms with Gasteiger partial charge in [-0.3, -0.25) is 24.5 Å². The Balaban J connectivity index is 0.859. The average molecular weight is 704 g/mol. The average Bonchev–Trinajstić information content (AvgIpc) is 3.17. The van der Waals surface area contributed by atoms with E-state index in [1.807, 2.05) is 30.5 Å². The van der Waals surface area contributed by atoms with E-state index in [0.29, 0.717) is 21.7 Å². The van der Waals surface area contributed by atoms with Gasteiger partial charge in [-0.2, -0.15) is 0 Å². The summed E-state index contributed by atoms with van der Waals surface area (Å²) < 4.78 is 15.3. The molecule has 2 fully saturated rings. The van der Waals surface area contributed by atoms with E-state index >= 15 is 4.39 Å². The van der Waals surface area contributed by atoms with E-state index in [0.717, 1.165) is 80.9 Å². The van der Waals surface area contributed by atoms with Crippen LogP contribution in [0.5, 0.6) is 0 Å². The third kappa shape index (κ3) is 8.08. The Kier molecular flexibility index (Phi) is 10.6. The van der Waals surface area contributed by atoms with Crippen LogP contribution < -0.4 is 15.5 Å². The van der Waals surface area contributed by atoms with Gasteiger partial charge in [0, 0.05) is 98.0 Å². The fourth-order valence-electron chi connectivity index (χ4n) is 6.87. The lowest BCUT2D eigenvalue weighted by atomic mass is 10.0. The van der Waals surface area contributed by atoms with Crippen molar-refractivity contribution in [3.05, 3.63) is 131 Å². The van der Waals surface area contributed by atoms with E-state index in [-0.39, 0.29) is 29.5 Å². The number of pyridine rings is 3. The van der Waals surface area contributed by atoms with Crippen LogP contribution in [0.3, 0.4) is 0 Å². The number of benzene rings is 2. The second-order valence-electron chi connectivity index (χ2n) is 13.1. The molecule has 0 saturated carbocycles. The van der Waals surface area contributed by atoms with Gasteiger partial charge in [-0.05, 0) is 61.6 Å². The van der Waals surface area contributed by atoms with E-state index in [4.69, 9.17) is 16.6 Å². The van der Waals surface area contributed by atoms with Gasteiger partial charge in [0.1, 0.15) is 11.6 Å². The topological polar surface area (TPSA) is 103 Å². The van der Waals surface area contributed by atoms with Crippen LogP contribution in [0.1, 0.15) is 52.0 Å². The molecule has 7 rings (SSSR count). The number of hydrogen-bond acceptors (Lipinski definition) is 7. The standard InChI is InChI=1S/C40H39ClFN7O2/c41-37-32(28-5-3-17-43-24-28)7-1-9-34(37)39(50)46-31-15-21-49(22-16-31)36-12-11-27(23-45-36)26-48-19-13-30(14-20-48)47-40(51)35-10-2-8-33(38(35)42)29-6-4-18-44-25-29/h1-12,17-18,23-25,30-31H,13-16,19-22,26H2,(H,46,50)(H,47,51). The summed E-state index contributed by atoms with van der Waals surface area (Å²) in [6.45, 7) is 4.00. The van der Waals surface area contributed by atoms with Crippen molar-refractivity contribution in [2.45, 2.75) is 44.3 Å². The van der Waals surface area contributed by atoms with E-state index in [9.17, 15) is 9.59 Å². The summed E-state index contributed by atoms with van der Waals surface area (Å²) in [7, 11) is 0. The molecule has 5 aromatic rings. The van der Waals surface area contributed by atoms with Crippen LogP contribution in [0.25, 0.3) is 22.3 Å². The van der Waals surface area contributed by atoms with Crippen molar-refractivity contribution >= 4 is 29.2 Å². The number of hydrogen-bond donors (Lipinski definition) is 2. The second kappa shape index (κ2) is 15.8. The number of aromatic nitrogens is 3. The Labute approximate surface area is 301 Å². The fraction of sp³-hybridized carbons (Fsp3) is 0.275. The van der Waals surface area contributed by atoms with Gasteiger partial charge in [-0.1, -0.05) is 54.1 Å². The Morgan fingerprint density at radius 3 is 1.90 bits per heavy atom. The van der Waals surface area contributed by atoms with Crippen LogP contribution in [0.15, 0.2) is 104 Å². The predicted molar refractivity (Wildman–Crippen MR) is 197 cm³/mol. The van der Waals surface area contributed by atoms with E-state index < -0.39 is 5.82 Å². The van der Waals surface area contributed by atoms with Gasteiger partial charge in [-0.15, -0.1) is 0 Å². The molecule has 2 amide bonds. The van der Waals surface area contributed by atoms with Crippen molar-refractivity contribution in [2.24, 2.45) is 0 Å². The van der Waals surface area contributed by atoms with Crippen LogP contribution in [-0.2, 0) is 6.54 Å². The second-order valence-corrected chi connectivity index (χ2v) is 13.5. The first-order valence-corrected chi connectivity index (χ1v) is 17.7. The van der Waals surface area contributed by atoms with Gasteiger partial charge < -0.3 is 15.5 Å². The van der Waals surface area contributed by atoms with Gasteiger partial charge in [0.25, 0.3) is 11.8 Å². The number of anilines is 1. The molecule has 0 atom stereocenters. The Morgan fingerprint density at radius 2 is 1.29 bits per heavy atom. The quantitative estimate of drug-likeness (QED) is 0.174. The lowest BCUT2D eigenvalue weighted by Gasteiger charge is -2.34. The molecule has 9 nitrogen and oxygen atoms in total. The molecule has 2 N–H and O–H groups in total. The number of carbonyl (C=O) groups is 2. The van der Waals surface area contributed by atoms with E-state index in [1.54, 1.807) is 55.1 Å². The highest BCUT2D eigenvalue weighted by Gasteiger charge is 2.25. The van der Waals surface area contributed by atoms with Crippen molar-refractivity contribution in [1.82, 2.24) is 30.5 Å². The van der Waals surface area contributed by atoms with Gasteiger partial charge in [0.2, 0.25) is 0 Å². The minimum Gasteiger partial charge on any atom is -0.356 e. The van der Waals surface area contributed by atoms with Crippen molar-refractivity contribution in [3.63, 3.8) is 0 Å². The zero-order chi connectivity index (χ0) is 35.2. The zero-order valence-electron chi connectivity index (χ0n) is 28.1. The number of likely N-dealkylation sites (tertiary alicyclic amines) is 1. The molecule has 0 radical (unpaired) electrons. The third-order valence-corrected chi connectivity index (χ3v) is 10.1. The molecular formula is C40H39ClFN7O2. The molecule has 3 aromatic heterocycles. The van der Waals surface area contributed by atoms with Crippen LogP contribution in [0, 0.1) is 5.82 Å². The molecule has 2 aliphatic rings. The van der Waals surface area contributed by atoms with Gasteiger partial charge >= 0.3 is 0 Å². The highest BCUT2D eigenvalue weighted by Crippen LogP contribution is 2.31. The van der Waals surface area contributed by atoms with Crippen LogP contribution in [-0.4, -0.2) is 69.9 Å². The Morgan fingerprint density at radius 1 is 0.706 bits per heavy atom. The third-order valence-electron chi connectivity index (χ3n) is 9.72. The predicted octanol–water partition coefficient (Wildman–Crippen LogP) is 6.79. The highest BCUT2D eigenvalue weighted by atomic mass is 35.5. The SMILES string of the molecule is O=C(NC1CCN(Cc2ccc(N3CCC(NC(=O)c4cccc(-c5cccnc5)c4Cl)CC3)nc2)CC1)c1cccc(-c2cccnc2)c1F. The number of rotatable bonds is 9. The van der Waals surface area contributed by atoms with Gasteiger partial charge in [0.05, 0.1) is 16.1 Å². The fourth-order valence-corrected chi connectivity index (χ4v) is 7.20. The monoisotopic (exact) mass is 703 g/mol. The Hall–Kier alpha value is -5.19. The summed E-state index contributed by atoms with van der Waals surface area (Å²) in [5.74, 6) is -0.161. The number of piperidine rings is 2. The molecule has 0 bridgehead atoms. The van der Waals surface area contributed by atoms with Crippen molar-refractivity contribution in [1.29, 1.82) is 0 Å². The molecule has 260 valence electrons. The molecule has 5 heterocycles. The molecule has 0 aliphatic carbocycles. The smallest absolute Gasteiger partial charge is 0.254 e. The Bertz CT molecular complexity index is 1970. The summed E-state index contributed by atoms with van der Waals surface area (Å²) in [5.41, 5.74) is 4.29. The lowest BCUT2D eigenvalue weighted by molar-refractivity contribution is 0.0902. The first-order chi connectivity index (χ1) is 24.9. The molecule has 51 heavy (non-hydrogen) atoms. The lowest BCUT2D eigenvalue weighted by Crippen LogP contribution is -2.45. The first-order valence-electron chi connectivity index (χ1n) is 17.3. The van der Waals surface area contributed by atoms with Gasteiger partial charge in [-0.25, -0.2) is 9.37 Å². The molecule has 11 heteroatoms. The summed E-state index contributed by atoms with van der Waals surface area (Å²) in [5, 5.41) is 6.65. The van der Waals surface area contributed by atoms with Crippen molar-refractivity contribution in [2.75, 3.05) is 31.1 Å². The molecule has 0 unspecified atom stereocenters. The number of halogens is 2. The first kappa shape index (κ1) is 34.3. The number of carbonyl (C=O) groups excluding carboxylic acids is 2. The minimum atomic E-state index is -0.531. The number of amides is 2. The summed E-state index contributed by atoms with van der Waals surface area (Å²) in [6, 6.07) is 21.9. The maximum absolute atomic E-state index is 15.3. The maximum atomic E-state index is 15.3. The molecule has 2 saturated heterocycles. The van der Waals surface area contributed by atoms with Crippen LogP contribution >= 0.6 is 11.6 Å². The van der Waals surface area contributed by atoms with Crippen molar-refractivity contribution in [3.8, 4) is 22.3 Å². The summed E-state index contributed by atoms with van der Waals surface area (Å²) in [6.07, 6.45) is 11.8. The number of nitrogens with one attached hydrogen (secondary N) is 2. The molecular weight excluding hydrogens is 665 g/mol. The summed E-state index contributed by atoms with van der Waals surface area (Å²) >= 11 is 6.67. The normalized spacial score (nSPS) is 15.8. The summed E-state index contributed by atoms with van der Waals surface area (Å²) in [4.78, 5) is 43.8.